The first kappa shape index (κ1) is 19.4. The molecule has 0 bridgehead atoms. The molecule has 3 aliphatic rings. The molecule has 1 amide bonds. The molecule has 2 N–H and O–H groups in total. The van der Waals surface area contributed by atoms with Crippen molar-refractivity contribution in [1.82, 2.24) is 4.98 Å². The average molecular weight is 416 g/mol. The highest BCUT2D eigenvalue weighted by Crippen LogP contribution is 2.49. The zero-order valence-electron chi connectivity index (χ0n) is 17.7. The van der Waals surface area contributed by atoms with Crippen LogP contribution in [0.15, 0.2) is 29.6 Å². The summed E-state index contributed by atoms with van der Waals surface area (Å²) in [7, 11) is 0. The molecule has 1 saturated carbocycles. The van der Waals surface area contributed by atoms with Gasteiger partial charge in [-0.05, 0) is 50.3 Å². The number of aromatic nitrogens is 1. The predicted molar refractivity (Wildman–Crippen MR) is 115 cm³/mol. The number of allylic oxidation sites excluding steroid dienone is 1. The van der Waals surface area contributed by atoms with Crippen LogP contribution in [0.25, 0.3) is 0 Å². The van der Waals surface area contributed by atoms with Crippen LogP contribution in [0.4, 0.5) is 11.4 Å². The lowest BCUT2D eigenvalue weighted by molar-refractivity contribution is -0.114. The van der Waals surface area contributed by atoms with E-state index in [-0.39, 0.29) is 0 Å². The van der Waals surface area contributed by atoms with Crippen molar-refractivity contribution in [3.05, 3.63) is 51.9 Å². The van der Waals surface area contributed by atoms with E-state index in [2.05, 4.69) is 11.1 Å². The van der Waals surface area contributed by atoms with Crippen molar-refractivity contribution in [2.24, 2.45) is 11.7 Å². The number of hydrogen-bond acceptors (Lipinski definition) is 6. The molecule has 0 unspecified atom stereocenters. The number of nitrogens with zero attached hydrogens (tertiary/aromatic N) is 3. The van der Waals surface area contributed by atoms with E-state index >= 15 is 0 Å². The minimum Gasteiger partial charge on any atom is -0.491 e. The van der Waals surface area contributed by atoms with Crippen LogP contribution in [-0.2, 0) is 17.6 Å². The molecule has 0 radical (unpaired) electrons. The van der Waals surface area contributed by atoms with Gasteiger partial charge < -0.3 is 20.1 Å². The molecular weight excluding hydrogens is 392 g/mol. The lowest BCUT2D eigenvalue weighted by atomic mass is 9.93. The maximum Gasteiger partial charge on any atom is 0.246 e. The number of primary amides is 1. The number of aryl methyl sites for hydroxylation is 1. The van der Waals surface area contributed by atoms with Crippen molar-refractivity contribution in [3.8, 4) is 17.7 Å². The summed E-state index contributed by atoms with van der Waals surface area (Å²) in [5.41, 5.74) is 12.1. The molecule has 1 fully saturated rings. The number of ether oxygens (including phenoxy) is 2. The average Bonchev–Trinajstić information content (AvgIpc) is 3.45. The summed E-state index contributed by atoms with van der Waals surface area (Å²) < 4.78 is 12.0. The molecule has 0 saturated heterocycles. The van der Waals surface area contributed by atoms with Gasteiger partial charge in [-0.25, -0.2) is 4.98 Å². The third kappa shape index (κ3) is 3.19. The number of pyridine rings is 1. The van der Waals surface area contributed by atoms with Gasteiger partial charge in [-0.3, -0.25) is 4.79 Å². The van der Waals surface area contributed by atoms with E-state index in [1.165, 1.54) is 12.8 Å². The molecule has 0 spiro atoms. The van der Waals surface area contributed by atoms with Gasteiger partial charge in [-0.2, -0.15) is 5.26 Å². The highest BCUT2D eigenvalue weighted by molar-refractivity contribution is 5.97. The standard InChI is InChI=1S/C24H24N4O3/c1-13-11-27-24(31-12-15-3-4-15)19-9-18(23(26)29)14(2)28(21(13)19)20-6-5-16(10-25)17-7-8-30-22(17)20/h5-6,11,15H,3-4,7-9,12H2,1-2H3,(H2,26,29). The molecule has 2 aliphatic heterocycles. The second kappa shape index (κ2) is 7.31. The number of amides is 1. The minimum atomic E-state index is -0.464. The largest absolute Gasteiger partial charge is 0.491 e. The van der Waals surface area contributed by atoms with Gasteiger partial charge in [-0.1, -0.05) is 0 Å². The fraction of sp³-hybridized carbons (Fsp3) is 0.375. The van der Waals surface area contributed by atoms with E-state index < -0.39 is 5.91 Å². The zero-order valence-corrected chi connectivity index (χ0v) is 17.7. The smallest absolute Gasteiger partial charge is 0.246 e. The Balaban J connectivity index is 1.71. The Morgan fingerprint density at radius 3 is 2.87 bits per heavy atom. The number of rotatable bonds is 5. The number of fused-ring (bicyclic) bond motifs is 2. The number of benzene rings is 1. The molecule has 2 aromatic rings. The minimum absolute atomic E-state index is 0.376. The summed E-state index contributed by atoms with van der Waals surface area (Å²) in [6.07, 6.45) is 5.23. The van der Waals surface area contributed by atoms with E-state index in [4.69, 9.17) is 15.2 Å². The summed E-state index contributed by atoms with van der Waals surface area (Å²) in [6.45, 7) is 5.05. The SMILES string of the molecule is CC1=C(C(N)=O)Cc2c(OCC3CC3)ncc(C)c2N1c1ccc(C#N)c2c1OCC2. The summed E-state index contributed by atoms with van der Waals surface area (Å²) in [5.74, 6) is 1.36. The Kier molecular flexibility index (Phi) is 4.58. The second-order valence-corrected chi connectivity index (χ2v) is 8.42. The van der Waals surface area contributed by atoms with Crippen LogP contribution < -0.4 is 20.1 Å². The molecule has 158 valence electrons. The topological polar surface area (TPSA) is 101 Å². The highest BCUT2D eigenvalue weighted by atomic mass is 16.5. The Morgan fingerprint density at radius 1 is 1.35 bits per heavy atom. The number of carbonyl (C=O) groups is 1. The molecule has 0 atom stereocenters. The van der Waals surface area contributed by atoms with Gasteiger partial charge in [0.15, 0.2) is 0 Å². The quantitative estimate of drug-likeness (QED) is 0.801. The number of anilines is 2. The van der Waals surface area contributed by atoms with Crippen LogP contribution in [0.1, 0.15) is 42.0 Å². The Labute approximate surface area is 181 Å². The molecular formula is C24H24N4O3. The summed E-state index contributed by atoms with van der Waals surface area (Å²) >= 11 is 0. The number of hydrogen-bond donors (Lipinski definition) is 1. The number of nitriles is 1. The second-order valence-electron chi connectivity index (χ2n) is 8.42. The van der Waals surface area contributed by atoms with Crippen LogP contribution >= 0.6 is 0 Å². The maximum atomic E-state index is 12.4. The van der Waals surface area contributed by atoms with Crippen LogP contribution in [0.2, 0.25) is 0 Å². The van der Waals surface area contributed by atoms with E-state index in [0.29, 0.717) is 54.7 Å². The monoisotopic (exact) mass is 416 g/mol. The zero-order chi connectivity index (χ0) is 21.7. The van der Waals surface area contributed by atoms with E-state index in [1.54, 1.807) is 6.20 Å². The van der Waals surface area contributed by atoms with Crippen molar-refractivity contribution in [1.29, 1.82) is 5.26 Å². The molecule has 5 rings (SSSR count). The normalized spacial score (nSPS) is 17.0. The van der Waals surface area contributed by atoms with Gasteiger partial charge in [0.05, 0.1) is 36.2 Å². The van der Waals surface area contributed by atoms with E-state index in [9.17, 15) is 10.1 Å². The summed E-state index contributed by atoms with van der Waals surface area (Å²) in [5, 5.41) is 9.50. The Hall–Kier alpha value is -3.53. The third-order valence-electron chi connectivity index (χ3n) is 6.29. The first-order valence-electron chi connectivity index (χ1n) is 10.6. The molecule has 1 aromatic carbocycles. The van der Waals surface area contributed by atoms with Gasteiger partial charge in [-0.15, -0.1) is 0 Å². The number of carbonyl (C=O) groups excluding carboxylic acids is 1. The third-order valence-corrected chi connectivity index (χ3v) is 6.29. The van der Waals surface area contributed by atoms with Gasteiger partial charge in [0.1, 0.15) is 5.75 Å². The molecule has 3 heterocycles. The lowest BCUT2D eigenvalue weighted by Crippen LogP contribution is -2.30. The van der Waals surface area contributed by atoms with Crippen molar-refractivity contribution in [2.45, 2.75) is 39.5 Å². The van der Waals surface area contributed by atoms with Crippen molar-refractivity contribution in [2.75, 3.05) is 18.1 Å². The van der Waals surface area contributed by atoms with Crippen molar-refractivity contribution < 1.29 is 14.3 Å². The lowest BCUT2D eigenvalue weighted by Gasteiger charge is -2.35. The van der Waals surface area contributed by atoms with Gasteiger partial charge >= 0.3 is 0 Å². The Bertz CT molecular complexity index is 1170. The molecule has 1 aromatic heterocycles. The maximum absolute atomic E-state index is 12.4. The highest BCUT2D eigenvalue weighted by Gasteiger charge is 2.34. The summed E-state index contributed by atoms with van der Waals surface area (Å²) in [6, 6.07) is 5.95. The van der Waals surface area contributed by atoms with Crippen LogP contribution in [0, 0.1) is 24.2 Å². The number of nitrogens with two attached hydrogens (primary N) is 1. The Morgan fingerprint density at radius 2 is 2.16 bits per heavy atom. The van der Waals surface area contributed by atoms with Crippen LogP contribution in [0.5, 0.6) is 11.6 Å². The predicted octanol–water partition coefficient (Wildman–Crippen LogP) is 3.44. The van der Waals surface area contributed by atoms with Gasteiger partial charge in [0.25, 0.3) is 0 Å². The van der Waals surface area contributed by atoms with E-state index in [1.807, 2.05) is 30.9 Å². The molecule has 1 aliphatic carbocycles. The molecule has 7 nitrogen and oxygen atoms in total. The van der Waals surface area contributed by atoms with Gasteiger partial charge in [0, 0.05) is 41.4 Å². The van der Waals surface area contributed by atoms with Crippen molar-refractivity contribution in [3.63, 3.8) is 0 Å². The first-order valence-corrected chi connectivity index (χ1v) is 10.6. The first-order chi connectivity index (χ1) is 15.0. The van der Waals surface area contributed by atoms with E-state index in [0.717, 1.165) is 33.8 Å². The van der Waals surface area contributed by atoms with Crippen molar-refractivity contribution >= 4 is 17.3 Å². The summed E-state index contributed by atoms with van der Waals surface area (Å²) in [4.78, 5) is 18.9. The van der Waals surface area contributed by atoms with Crippen LogP contribution in [-0.4, -0.2) is 24.1 Å². The fourth-order valence-electron chi connectivity index (χ4n) is 4.44. The fourth-order valence-corrected chi connectivity index (χ4v) is 4.44. The molecule has 31 heavy (non-hydrogen) atoms. The molecule has 7 heteroatoms. The van der Waals surface area contributed by atoms with Crippen LogP contribution in [0.3, 0.4) is 0 Å². The van der Waals surface area contributed by atoms with Gasteiger partial charge in [0.2, 0.25) is 11.8 Å².